The first kappa shape index (κ1) is 16.9. The van der Waals surface area contributed by atoms with E-state index in [1.165, 1.54) is 6.07 Å². The largest absolute Gasteiger partial charge is 0.368 e. The third kappa shape index (κ3) is 3.77. The van der Waals surface area contributed by atoms with Gasteiger partial charge in [0.2, 0.25) is 0 Å². The molecule has 0 spiro atoms. The molecule has 0 saturated carbocycles. The van der Waals surface area contributed by atoms with Crippen LogP contribution in [0.2, 0.25) is 0 Å². The molecule has 25 heavy (non-hydrogen) atoms. The normalized spacial score (nSPS) is 14.4. The van der Waals surface area contributed by atoms with Gasteiger partial charge in [-0.05, 0) is 23.8 Å². The maximum Gasteiger partial charge on any atom is 0.271 e. The number of nitro benzene ring substituents is 1. The fourth-order valence-electron chi connectivity index (χ4n) is 2.94. The molecular weight excluding hydrogens is 320 g/mol. The molecule has 1 aliphatic heterocycles. The van der Waals surface area contributed by atoms with Crippen molar-refractivity contribution in [3.63, 3.8) is 0 Å². The summed E-state index contributed by atoms with van der Waals surface area (Å²) in [5.74, 6) is 0.00210. The van der Waals surface area contributed by atoms with Gasteiger partial charge < -0.3 is 15.5 Å². The summed E-state index contributed by atoms with van der Waals surface area (Å²) in [5.41, 5.74) is 8.12. The summed E-state index contributed by atoms with van der Waals surface area (Å²) < 4.78 is 0. The van der Waals surface area contributed by atoms with Gasteiger partial charge in [0.25, 0.3) is 11.6 Å². The van der Waals surface area contributed by atoms with Crippen LogP contribution in [0.15, 0.2) is 48.5 Å². The van der Waals surface area contributed by atoms with Gasteiger partial charge in [0, 0.05) is 56.1 Å². The van der Waals surface area contributed by atoms with Crippen molar-refractivity contribution in [2.45, 2.75) is 6.54 Å². The zero-order valence-electron chi connectivity index (χ0n) is 13.8. The van der Waals surface area contributed by atoms with Gasteiger partial charge >= 0.3 is 0 Å². The number of benzene rings is 2. The van der Waals surface area contributed by atoms with Gasteiger partial charge in [-0.25, -0.2) is 0 Å². The molecule has 2 N–H and O–H groups in total. The summed E-state index contributed by atoms with van der Waals surface area (Å²) >= 11 is 0. The number of carbonyl (C=O) groups excluding carboxylic acids is 1. The molecule has 0 unspecified atom stereocenters. The fourth-order valence-corrected chi connectivity index (χ4v) is 2.94. The average molecular weight is 340 g/mol. The van der Waals surface area contributed by atoms with Gasteiger partial charge in [0.1, 0.15) is 0 Å². The van der Waals surface area contributed by atoms with Gasteiger partial charge in [-0.15, -0.1) is 0 Å². The second kappa shape index (κ2) is 7.31. The maximum atomic E-state index is 12.6. The third-order valence-electron chi connectivity index (χ3n) is 4.41. The molecule has 7 heteroatoms. The number of amides is 1. The first-order valence-corrected chi connectivity index (χ1v) is 8.16. The third-order valence-corrected chi connectivity index (χ3v) is 4.41. The van der Waals surface area contributed by atoms with E-state index >= 15 is 0 Å². The lowest BCUT2D eigenvalue weighted by atomic mass is 10.1. The van der Waals surface area contributed by atoms with E-state index in [0.29, 0.717) is 38.3 Å². The van der Waals surface area contributed by atoms with Gasteiger partial charge in [-0.3, -0.25) is 14.9 Å². The summed E-state index contributed by atoms with van der Waals surface area (Å²) in [6.45, 7) is 2.91. The van der Waals surface area contributed by atoms with Crippen LogP contribution in [0.5, 0.6) is 0 Å². The van der Waals surface area contributed by atoms with E-state index in [1.807, 2.05) is 23.1 Å². The van der Waals surface area contributed by atoms with Crippen LogP contribution < -0.4 is 10.6 Å². The molecule has 1 amide bonds. The Morgan fingerprint density at radius 1 is 1.08 bits per heavy atom. The highest BCUT2D eigenvalue weighted by molar-refractivity contribution is 5.94. The van der Waals surface area contributed by atoms with Gasteiger partial charge in [0.05, 0.1) is 4.92 Å². The first-order valence-electron chi connectivity index (χ1n) is 8.16. The summed E-state index contributed by atoms with van der Waals surface area (Å²) in [6, 6.07) is 13.9. The topological polar surface area (TPSA) is 92.7 Å². The van der Waals surface area contributed by atoms with E-state index in [4.69, 9.17) is 5.73 Å². The number of nitrogens with zero attached hydrogens (tertiary/aromatic N) is 3. The Kier molecular flexibility index (Phi) is 4.95. The molecule has 0 bridgehead atoms. The molecular formula is C18H20N4O3. The number of non-ortho nitro benzene ring substituents is 1. The van der Waals surface area contributed by atoms with Crippen LogP contribution >= 0.6 is 0 Å². The van der Waals surface area contributed by atoms with Gasteiger partial charge in [-0.1, -0.05) is 18.2 Å². The Hall–Kier alpha value is -2.93. The highest BCUT2D eigenvalue weighted by atomic mass is 16.6. The second-order valence-corrected chi connectivity index (χ2v) is 5.96. The number of piperazine rings is 1. The van der Waals surface area contributed by atoms with Crippen LogP contribution in [0.25, 0.3) is 0 Å². The molecule has 1 fully saturated rings. The van der Waals surface area contributed by atoms with Crippen LogP contribution in [0.3, 0.4) is 0 Å². The van der Waals surface area contributed by atoms with Crippen molar-refractivity contribution in [3.05, 3.63) is 69.8 Å². The van der Waals surface area contributed by atoms with Crippen LogP contribution in [-0.4, -0.2) is 41.9 Å². The molecule has 0 atom stereocenters. The van der Waals surface area contributed by atoms with E-state index in [-0.39, 0.29) is 11.6 Å². The minimum absolute atomic E-state index is 0.00210. The zero-order chi connectivity index (χ0) is 17.8. The highest BCUT2D eigenvalue weighted by Gasteiger charge is 2.23. The number of nitro groups is 1. The number of carbonyl (C=O) groups is 1. The summed E-state index contributed by atoms with van der Waals surface area (Å²) in [5, 5.41) is 10.9. The Balaban J connectivity index is 1.64. The van der Waals surface area contributed by atoms with Crippen molar-refractivity contribution in [2.24, 2.45) is 5.73 Å². The fraction of sp³-hybridized carbons (Fsp3) is 0.278. The van der Waals surface area contributed by atoms with E-state index in [9.17, 15) is 14.9 Å². The Morgan fingerprint density at radius 3 is 2.36 bits per heavy atom. The summed E-state index contributed by atoms with van der Waals surface area (Å²) in [4.78, 5) is 27.0. The monoisotopic (exact) mass is 340 g/mol. The van der Waals surface area contributed by atoms with E-state index < -0.39 is 4.92 Å². The molecule has 2 aromatic carbocycles. The van der Waals surface area contributed by atoms with Crippen molar-refractivity contribution in [1.82, 2.24) is 4.90 Å². The minimum Gasteiger partial charge on any atom is -0.368 e. The van der Waals surface area contributed by atoms with Crippen LogP contribution in [0, 0.1) is 10.1 Å². The molecule has 1 saturated heterocycles. The van der Waals surface area contributed by atoms with Crippen molar-refractivity contribution in [2.75, 3.05) is 31.1 Å². The molecule has 2 aromatic rings. The molecule has 1 heterocycles. The Bertz CT molecular complexity index is 768. The van der Waals surface area contributed by atoms with E-state index in [0.717, 1.165) is 11.3 Å². The lowest BCUT2D eigenvalue weighted by Gasteiger charge is -2.36. The number of rotatable bonds is 4. The second-order valence-electron chi connectivity index (χ2n) is 5.96. The molecule has 7 nitrogen and oxygen atoms in total. The smallest absolute Gasteiger partial charge is 0.271 e. The van der Waals surface area contributed by atoms with Crippen molar-refractivity contribution >= 4 is 17.3 Å². The van der Waals surface area contributed by atoms with Crippen molar-refractivity contribution in [1.29, 1.82) is 0 Å². The van der Waals surface area contributed by atoms with Crippen LogP contribution in [0.1, 0.15) is 15.9 Å². The number of anilines is 1. The van der Waals surface area contributed by atoms with Crippen molar-refractivity contribution in [3.8, 4) is 0 Å². The van der Waals surface area contributed by atoms with Gasteiger partial charge in [0.15, 0.2) is 0 Å². The zero-order valence-corrected chi connectivity index (χ0v) is 13.8. The Morgan fingerprint density at radius 2 is 1.76 bits per heavy atom. The molecule has 3 rings (SSSR count). The van der Waals surface area contributed by atoms with Crippen LogP contribution in [0.4, 0.5) is 11.4 Å². The van der Waals surface area contributed by atoms with Gasteiger partial charge in [-0.2, -0.15) is 0 Å². The number of hydrogen-bond donors (Lipinski definition) is 1. The standard InChI is InChI=1S/C18H20N4O3/c19-13-14-4-6-15(7-5-14)18(23)21-10-8-20(9-11-21)16-2-1-3-17(12-16)22(24)25/h1-7,12H,8-11,13,19H2. The minimum atomic E-state index is -0.395. The van der Waals surface area contributed by atoms with Crippen molar-refractivity contribution < 1.29 is 9.72 Å². The predicted molar refractivity (Wildman–Crippen MR) is 95.5 cm³/mol. The maximum absolute atomic E-state index is 12.6. The molecule has 0 aromatic heterocycles. The molecule has 0 aliphatic carbocycles. The summed E-state index contributed by atoms with van der Waals surface area (Å²) in [7, 11) is 0. The average Bonchev–Trinajstić information content (AvgIpc) is 2.67. The Labute approximate surface area is 145 Å². The lowest BCUT2D eigenvalue weighted by Crippen LogP contribution is -2.48. The van der Waals surface area contributed by atoms with Crippen LogP contribution in [-0.2, 0) is 6.54 Å². The summed E-state index contributed by atoms with van der Waals surface area (Å²) in [6.07, 6.45) is 0. The quantitative estimate of drug-likeness (QED) is 0.679. The lowest BCUT2D eigenvalue weighted by molar-refractivity contribution is -0.384. The van der Waals surface area contributed by atoms with E-state index in [1.54, 1.807) is 24.3 Å². The molecule has 1 aliphatic rings. The molecule has 0 radical (unpaired) electrons. The SMILES string of the molecule is NCc1ccc(C(=O)N2CCN(c3cccc([N+](=O)[O-])c3)CC2)cc1. The number of nitrogens with two attached hydrogens (primary N) is 1. The van der Waals surface area contributed by atoms with E-state index in [2.05, 4.69) is 4.90 Å². The predicted octanol–water partition coefficient (Wildman–Crippen LogP) is 2.02. The molecule has 130 valence electrons. The highest BCUT2D eigenvalue weighted by Crippen LogP contribution is 2.22. The number of hydrogen-bond acceptors (Lipinski definition) is 5. The first-order chi connectivity index (χ1) is 12.1.